The lowest BCUT2D eigenvalue weighted by molar-refractivity contribution is 0.00302. The summed E-state index contributed by atoms with van der Waals surface area (Å²) in [6, 6.07) is 0. The molecular formula is C26H44. The Morgan fingerprint density at radius 2 is 1.88 bits per heavy atom. The van der Waals surface area contributed by atoms with Gasteiger partial charge in [-0.25, -0.2) is 0 Å². The van der Waals surface area contributed by atoms with Gasteiger partial charge in [0.2, 0.25) is 0 Å². The SMILES string of the molecule is C=C[C@@]12CCCC(C)(C)C1=CC[C@@H](C)[C@@]2(C)CC/C(C)=C/CC(C)(C)C. The van der Waals surface area contributed by atoms with E-state index in [1.165, 1.54) is 44.9 Å². The van der Waals surface area contributed by atoms with Crippen LogP contribution >= 0.6 is 0 Å². The molecule has 0 N–H and O–H groups in total. The first-order valence-corrected chi connectivity index (χ1v) is 10.9. The first kappa shape index (κ1) is 21.5. The van der Waals surface area contributed by atoms with Gasteiger partial charge in [-0.2, -0.15) is 0 Å². The molecule has 0 aliphatic heterocycles. The van der Waals surface area contributed by atoms with Crippen molar-refractivity contribution in [3.63, 3.8) is 0 Å². The molecule has 2 aliphatic rings. The van der Waals surface area contributed by atoms with Gasteiger partial charge in [-0.15, -0.1) is 6.58 Å². The fraction of sp³-hybridized carbons (Fsp3) is 0.769. The van der Waals surface area contributed by atoms with Crippen molar-refractivity contribution in [2.45, 2.75) is 100 Å². The van der Waals surface area contributed by atoms with Crippen LogP contribution in [0.15, 0.2) is 36.0 Å². The normalized spacial score (nSPS) is 34.8. The van der Waals surface area contributed by atoms with Crippen molar-refractivity contribution in [1.29, 1.82) is 0 Å². The second-order valence-electron chi connectivity index (χ2n) is 11.4. The molecule has 3 atom stereocenters. The van der Waals surface area contributed by atoms with Gasteiger partial charge in [0.1, 0.15) is 0 Å². The lowest BCUT2D eigenvalue weighted by atomic mass is 9.43. The van der Waals surface area contributed by atoms with E-state index in [0.717, 1.165) is 0 Å². The van der Waals surface area contributed by atoms with Crippen molar-refractivity contribution in [2.24, 2.45) is 27.6 Å². The minimum Gasteiger partial charge on any atom is -0.102 e. The van der Waals surface area contributed by atoms with Crippen LogP contribution in [0, 0.1) is 27.6 Å². The zero-order valence-electron chi connectivity index (χ0n) is 19.0. The van der Waals surface area contributed by atoms with Gasteiger partial charge < -0.3 is 0 Å². The molecule has 0 nitrogen and oxygen atoms in total. The molecule has 1 saturated carbocycles. The molecule has 26 heavy (non-hydrogen) atoms. The number of hydrogen-bond donors (Lipinski definition) is 0. The van der Waals surface area contributed by atoms with E-state index in [2.05, 4.69) is 80.2 Å². The van der Waals surface area contributed by atoms with Gasteiger partial charge in [0.05, 0.1) is 0 Å². The second-order valence-corrected chi connectivity index (χ2v) is 11.4. The maximum Gasteiger partial charge on any atom is 0.0150 e. The predicted octanol–water partition coefficient (Wildman–Crippen LogP) is 8.50. The Balaban J connectivity index is 2.30. The van der Waals surface area contributed by atoms with Crippen molar-refractivity contribution in [1.82, 2.24) is 0 Å². The van der Waals surface area contributed by atoms with Gasteiger partial charge in [-0.1, -0.05) is 84.3 Å². The van der Waals surface area contributed by atoms with Crippen LogP contribution in [0.3, 0.4) is 0 Å². The van der Waals surface area contributed by atoms with E-state index >= 15 is 0 Å². The summed E-state index contributed by atoms with van der Waals surface area (Å²) in [5.41, 5.74) is 4.48. The lowest BCUT2D eigenvalue weighted by Crippen LogP contribution is -2.51. The molecule has 2 aliphatic carbocycles. The Labute approximate surface area is 164 Å². The quantitative estimate of drug-likeness (QED) is 0.433. The third-order valence-electron chi connectivity index (χ3n) is 7.81. The van der Waals surface area contributed by atoms with E-state index in [1.54, 1.807) is 11.1 Å². The van der Waals surface area contributed by atoms with E-state index in [4.69, 9.17) is 0 Å². The molecule has 0 saturated heterocycles. The highest BCUT2D eigenvalue weighted by Crippen LogP contribution is 2.66. The average molecular weight is 357 g/mol. The Morgan fingerprint density at radius 3 is 2.46 bits per heavy atom. The number of rotatable bonds is 5. The third-order valence-corrected chi connectivity index (χ3v) is 7.81. The van der Waals surface area contributed by atoms with Crippen LogP contribution in [-0.4, -0.2) is 0 Å². The maximum absolute atomic E-state index is 4.40. The molecule has 1 fully saturated rings. The van der Waals surface area contributed by atoms with Gasteiger partial charge in [-0.3, -0.25) is 0 Å². The zero-order valence-corrected chi connectivity index (χ0v) is 19.0. The van der Waals surface area contributed by atoms with Crippen LogP contribution < -0.4 is 0 Å². The van der Waals surface area contributed by atoms with E-state index in [9.17, 15) is 0 Å². The van der Waals surface area contributed by atoms with E-state index in [1.807, 2.05) is 0 Å². The summed E-state index contributed by atoms with van der Waals surface area (Å²) in [6.07, 6.45) is 16.3. The topological polar surface area (TPSA) is 0 Å². The van der Waals surface area contributed by atoms with Crippen LogP contribution in [0.4, 0.5) is 0 Å². The summed E-state index contributed by atoms with van der Waals surface area (Å²) in [4.78, 5) is 0. The first-order valence-electron chi connectivity index (χ1n) is 10.9. The van der Waals surface area contributed by atoms with Crippen LogP contribution in [0.5, 0.6) is 0 Å². The second kappa shape index (κ2) is 7.33. The molecule has 2 rings (SSSR count). The van der Waals surface area contributed by atoms with Crippen LogP contribution in [0.1, 0.15) is 100 Å². The highest BCUT2D eigenvalue weighted by Gasteiger charge is 2.56. The average Bonchev–Trinajstić information content (AvgIpc) is 2.54. The minimum atomic E-state index is 0.191. The summed E-state index contributed by atoms with van der Waals surface area (Å²) in [7, 11) is 0. The smallest absolute Gasteiger partial charge is 0.0150 e. The van der Waals surface area contributed by atoms with Crippen molar-refractivity contribution >= 4 is 0 Å². The fourth-order valence-electron chi connectivity index (χ4n) is 5.68. The van der Waals surface area contributed by atoms with Crippen molar-refractivity contribution in [2.75, 3.05) is 0 Å². The molecule has 148 valence electrons. The Kier molecular flexibility index (Phi) is 6.06. The van der Waals surface area contributed by atoms with Crippen molar-refractivity contribution in [3.8, 4) is 0 Å². The fourth-order valence-corrected chi connectivity index (χ4v) is 5.68. The summed E-state index contributed by atoms with van der Waals surface area (Å²) in [6.45, 7) is 23.7. The van der Waals surface area contributed by atoms with Crippen LogP contribution in [0.25, 0.3) is 0 Å². The molecule has 0 aromatic rings. The van der Waals surface area contributed by atoms with Gasteiger partial charge in [0.15, 0.2) is 0 Å². The number of hydrogen-bond acceptors (Lipinski definition) is 0. The highest BCUT2D eigenvalue weighted by molar-refractivity contribution is 5.36. The van der Waals surface area contributed by atoms with E-state index in [-0.39, 0.29) is 5.41 Å². The largest absolute Gasteiger partial charge is 0.102 e. The molecule has 0 amide bonds. The molecule has 0 unspecified atom stereocenters. The number of allylic oxidation sites excluding steroid dienone is 5. The van der Waals surface area contributed by atoms with Gasteiger partial charge in [-0.05, 0) is 67.6 Å². The standard InChI is InChI=1S/C26H44/c1-10-26-17-11-16-24(7,8)22(26)13-12-21(3)25(26,9)19-15-20(2)14-18-23(4,5)6/h10,13-14,21H,1,11-12,15-19H2,2-9H3/b20-14+/t21-,25-,26-/m1/s1. The monoisotopic (exact) mass is 356 g/mol. The summed E-state index contributed by atoms with van der Waals surface area (Å²) < 4.78 is 0. The van der Waals surface area contributed by atoms with E-state index in [0.29, 0.717) is 22.2 Å². The maximum atomic E-state index is 4.40. The molecular weight excluding hydrogens is 312 g/mol. The summed E-state index contributed by atoms with van der Waals surface area (Å²) in [5, 5.41) is 0. The molecule has 0 bridgehead atoms. The molecule has 0 heteroatoms. The van der Waals surface area contributed by atoms with Crippen LogP contribution in [0.2, 0.25) is 0 Å². The van der Waals surface area contributed by atoms with Crippen molar-refractivity contribution in [3.05, 3.63) is 36.0 Å². The highest BCUT2D eigenvalue weighted by atomic mass is 14.6. The lowest BCUT2D eigenvalue weighted by Gasteiger charge is -2.60. The minimum absolute atomic E-state index is 0.191. The van der Waals surface area contributed by atoms with Gasteiger partial charge in [0, 0.05) is 5.41 Å². The predicted molar refractivity (Wildman–Crippen MR) is 117 cm³/mol. The molecule has 0 aromatic carbocycles. The molecule has 0 radical (unpaired) electrons. The first-order chi connectivity index (χ1) is 11.9. The van der Waals surface area contributed by atoms with E-state index < -0.39 is 0 Å². The number of fused-ring (bicyclic) bond motifs is 1. The van der Waals surface area contributed by atoms with Crippen molar-refractivity contribution < 1.29 is 0 Å². The van der Waals surface area contributed by atoms with Crippen LogP contribution in [-0.2, 0) is 0 Å². The Morgan fingerprint density at radius 1 is 1.23 bits per heavy atom. The Bertz CT molecular complexity index is 580. The molecule has 0 aromatic heterocycles. The molecule has 0 heterocycles. The van der Waals surface area contributed by atoms with Gasteiger partial charge >= 0.3 is 0 Å². The summed E-state index contributed by atoms with van der Waals surface area (Å²) >= 11 is 0. The zero-order chi connectivity index (χ0) is 19.8. The van der Waals surface area contributed by atoms with Gasteiger partial charge in [0.25, 0.3) is 0 Å². The third kappa shape index (κ3) is 3.90. The summed E-state index contributed by atoms with van der Waals surface area (Å²) in [5.74, 6) is 0.716. The Hall–Kier alpha value is -0.780. The molecule has 0 spiro atoms.